The highest BCUT2D eigenvalue weighted by molar-refractivity contribution is 7.89. The normalized spacial score (nSPS) is 15.0. The molecule has 0 fully saturated rings. The first-order chi connectivity index (χ1) is 12.4. The number of hydrogen-bond donors (Lipinski definition) is 2. The van der Waals surface area contributed by atoms with Crippen molar-refractivity contribution < 1.29 is 13.2 Å². The largest absolute Gasteiger partial charge is 0.352 e. The van der Waals surface area contributed by atoms with E-state index < -0.39 is 10.0 Å². The van der Waals surface area contributed by atoms with Gasteiger partial charge in [0.25, 0.3) is 5.91 Å². The molecule has 1 aromatic carbocycles. The van der Waals surface area contributed by atoms with Gasteiger partial charge in [0.15, 0.2) is 0 Å². The fraction of sp³-hybridized carbons (Fsp3) is 0.526. The predicted octanol–water partition coefficient (Wildman–Crippen LogP) is 2.15. The fourth-order valence-corrected chi connectivity index (χ4v) is 3.93. The molecule has 0 bridgehead atoms. The van der Waals surface area contributed by atoms with E-state index in [1.165, 1.54) is 30.5 Å². The van der Waals surface area contributed by atoms with Crippen LogP contribution in [0.5, 0.6) is 0 Å². The quantitative estimate of drug-likeness (QED) is 0.645. The molecule has 0 saturated heterocycles. The summed E-state index contributed by atoms with van der Waals surface area (Å²) in [6.45, 7) is 1.50. The maximum atomic E-state index is 12.3. The number of likely N-dealkylation sites (N-methyl/N-ethyl adjacent to an activating group) is 1. The zero-order valence-electron chi connectivity index (χ0n) is 15.6. The van der Waals surface area contributed by atoms with Crippen LogP contribution in [0.3, 0.4) is 0 Å². The minimum absolute atomic E-state index is 0.110. The van der Waals surface area contributed by atoms with E-state index >= 15 is 0 Å². The van der Waals surface area contributed by atoms with Gasteiger partial charge in [0.1, 0.15) is 0 Å². The lowest BCUT2D eigenvalue weighted by Gasteiger charge is -2.13. The third-order valence-electron chi connectivity index (χ3n) is 4.37. The first kappa shape index (κ1) is 20.6. The summed E-state index contributed by atoms with van der Waals surface area (Å²) in [4.78, 5) is 14.3. The van der Waals surface area contributed by atoms with E-state index in [1.807, 2.05) is 19.0 Å². The lowest BCUT2D eigenvalue weighted by Crippen LogP contribution is -2.31. The van der Waals surface area contributed by atoms with Crippen molar-refractivity contribution >= 4 is 15.9 Å². The zero-order chi connectivity index (χ0) is 19.0. The summed E-state index contributed by atoms with van der Waals surface area (Å²) in [7, 11) is 0.140. The fourth-order valence-electron chi connectivity index (χ4n) is 2.86. The van der Waals surface area contributed by atoms with Gasteiger partial charge < -0.3 is 10.2 Å². The summed E-state index contributed by atoms with van der Waals surface area (Å²) in [5.74, 6) is -0.244. The first-order valence-corrected chi connectivity index (χ1v) is 10.6. The molecular formula is C19H29N3O3S. The smallest absolute Gasteiger partial charge is 0.251 e. The molecule has 0 heterocycles. The van der Waals surface area contributed by atoms with Crippen LogP contribution < -0.4 is 10.0 Å². The minimum Gasteiger partial charge on any atom is -0.352 e. The first-order valence-electron chi connectivity index (χ1n) is 9.09. The molecule has 144 valence electrons. The Labute approximate surface area is 156 Å². The van der Waals surface area contributed by atoms with Gasteiger partial charge in [0, 0.05) is 25.2 Å². The van der Waals surface area contributed by atoms with Crippen molar-refractivity contribution in [1.29, 1.82) is 0 Å². The third-order valence-corrected chi connectivity index (χ3v) is 5.83. The van der Waals surface area contributed by atoms with E-state index in [9.17, 15) is 13.2 Å². The molecule has 0 spiro atoms. The van der Waals surface area contributed by atoms with Gasteiger partial charge in [-0.15, -0.1) is 0 Å². The molecule has 6 nitrogen and oxygen atoms in total. The predicted molar refractivity (Wildman–Crippen MR) is 104 cm³/mol. The van der Waals surface area contributed by atoms with Crippen LogP contribution in [0.4, 0.5) is 0 Å². The molecule has 2 N–H and O–H groups in total. The van der Waals surface area contributed by atoms with Crippen molar-refractivity contribution in [3.8, 4) is 0 Å². The van der Waals surface area contributed by atoms with Crippen LogP contribution in [0, 0.1) is 0 Å². The van der Waals surface area contributed by atoms with E-state index in [0.29, 0.717) is 25.2 Å². The number of sulfonamides is 1. The van der Waals surface area contributed by atoms with Crippen molar-refractivity contribution in [3.05, 3.63) is 41.5 Å². The van der Waals surface area contributed by atoms with Crippen molar-refractivity contribution in [2.24, 2.45) is 0 Å². The van der Waals surface area contributed by atoms with Gasteiger partial charge in [-0.2, -0.15) is 0 Å². The second-order valence-electron chi connectivity index (χ2n) is 6.84. The molecular weight excluding hydrogens is 350 g/mol. The van der Waals surface area contributed by atoms with Crippen LogP contribution in [0.1, 0.15) is 42.5 Å². The summed E-state index contributed by atoms with van der Waals surface area (Å²) >= 11 is 0. The highest BCUT2D eigenvalue weighted by atomic mass is 32.2. The molecule has 0 saturated carbocycles. The summed E-state index contributed by atoms with van der Waals surface area (Å²) in [6.07, 6.45) is 7.84. The average molecular weight is 380 g/mol. The highest BCUT2D eigenvalue weighted by Crippen LogP contribution is 2.19. The summed E-state index contributed by atoms with van der Waals surface area (Å²) < 4.78 is 27.2. The Balaban J connectivity index is 1.92. The summed E-state index contributed by atoms with van der Waals surface area (Å²) in [6, 6.07) is 6.15. The zero-order valence-corrected chi connectivity index (χ0v) is 16.4. The van der Waals surface area contributed by atoms with Gasteiger partial charge >= 0.3 is 0 Å². The second kappa shape index (κ2) is 9.85. The molecule has 26 heavy (non-hydrogen) atoms. The average Bonchev–Trinajstić information content (AvgIpc) is 2.62. The number of nitrogens with one attached hydrogen (secondary N) is 2. The van der Waals surface area contributed by atoms with E-state index in [-0.39, 0.29) is 10.8 Å². The molecule has 7 heteroatoms. The van der Waals surface area contributed by atoms with Gasteiger partial charge in [-0.05, 0) is 64.4 Å². The van der Waals surface area contributed by atoms with Crippen LogP contribution in [0.15, 0.2) is 40.8 Å². The Bertz CT molecular complexity index is 742. The van der Waals surface area contributed by atoms with E-state index in [2.05, 4.69) is 16.1 Å². The molecule has 1 aliphatic carbocycles. The Morgan fingerprint density at radius 3 is 2.69 bits per heavy atom. The Morgan fingerprint density at radius 1 is 1.19 bits per heavy atom. The Hall–Kier alpha value is -1.70. The van der Waals surface area contributed by atoms with Crippen molar-refractivity contribution in [1.82, 2.24) is 14.9 Å². The number of hydrogen-bond acceptors (Lipinski definition) is 4. The Kier molecular flexibility index (Phi) is 7.81. The van der Waals surface area contributed by atoms with E-state index in [1.54, 1.807) is 12.1 Å². The van der Waals surface area contributed by atoms with Crippen LogP contribution >= 0.6 is 0 Å². The van der Waals surface area contributed by atoms with E-state index in [4.69, 9.17) is 0 Å². The van der Waals surface area contributed by atoms with Gasteiger partial charge in [-0.25, -0.2) is 13.1 Å². The van der Waals surface area contributed by atoms with Gasteiger partial charge in [0.2, 0.25) is 10.0 Å². The Morgan fingerprint density at radius 2 is 2.00 bits per heavy atom. The van der Waals surface area contributed by atoms with Crippen LogP contribution in [0.25, 0.3) is 0 Å². The van der Waals surface area contributed by atoms with Crippen molar-refractivity contribution in [2.75, 3.05) is 33.7 Å². The maximum Gasteiger partial charge on any atom is 0.251 e. The SMILES string of the molecule is CN(C)CCNS(=O)(=O)c1cccc(C(=O)NCCC2=CCCCC2)c1. The highest BCUT2D eigenvalue weighted by Gasteiger charge is 2.16. The lowest BCUT2D eigenvalue weighted by molar-refractivity contribution is 0.0954. The number of amides is 1. The topological polar surface area (TPSA) is 78.5 Å². The molecule has 0 aromatic heterocycles. The van der Waals surface area contributed by atoms with Gasteiger partial charge in [-0.3, -0.25) is 4.79 Å². The minimum atomic E-state index is -3.62. The monoisotopic (exact) mass is 379 g/mol. The van der Waals surface area contributed by atoms with Crippen LogP contribution in [0.2, 0.25) is 0 Å². The van der Waals surface area contributed by atoms with Gasteiger partial charge in [-0.1, -0.05) is 17.7 Å². The van der Waals surface area contributed by atoms with Crippen molar-refractivity contribution in [3.63, 3.8) is 0 Å². The number of carbonyl (C=O) groups excluding carboxylic acids is 1. The number of benzene rings is 1. The number of nitrogens with zero attached hydrogens (tertiary/aromatic N) is 1. The van der Waals surface area contributed by atoms with E-state index in [0.717, 1.165) is 19.3 Å². The molecule has 1 aliphatic rings. The van der Waals surface area contributed by atoms with Crippen LogP contribution in [-0.4, -0.2) is 53.0 Å². The molecule has 2 rings (SSSR count). The number of carbonyl (C=O) groups is 1. The molecule has 1 amide bonds. The molecule has 0 aliphatic heterocycles. The number of rotatable bonds is 9. The van der Waals surface area contributed by atoms with Crippen molar-refractivity contribution in [2.45, 2.75) is 37.0 Å². The standard InChI is InChI=1S/C19H29N3O3S/c1-22(2)14-13-21-26(24,25)18-10-6-9-17(15-18)19(23)20-12-11-16-7-4-3-5-8-16/h6-7,9-10,15,21H,3-5,8,11-14H2,1-2H3,(H,20,23). The lowest BCUT2D eigenvalue weighted by atomic mass is 9.97. The van der Waals surface area contributed by atoms with Crippen LogP contribution in [-0.2, 0) is 10.0 Å². The molecule has 1 aromatic rings. The van der Waals surface area contributed by atoms with Gasteiger partial charge in [0.05, 0.1) is 4.90 Å². The number of allylic oxidation sites excluding steroid dienone is 1. The molecule has 0 unspecified atom stereocenters. The summed E-state index contributed by atoms with van der Waals surface area (Å²) in [5.41, 5.74) is 1.76. The summed E-state index contributed by atoms with van der Waals surface area (Å²) in [5, 5.41) is 2.88. The molecule has 0 radical (unpaired) electrons. The maximum absolute atomic E-state index is 12.3. The third kappa shape index (κ3) is 6.55. The second-order valence-corrected chi connectivity index (χ2v) is 8.61. The molecule has 0 atom stereocenters.